The standard InChI is InChI=1S/C28H34N2O6/c1-6-16(2)23(25(31)30-24(26(32)33)17(3)36-28(30,4)5)29-27(34)35-15-22-20-13-9-7-11-18(20)19-12-8-10-14-21(19)22/h7-14,16-17,22-24H,6,15H2,1-5H3,(H,29,34)(H,32,33). The Labute approximate surface area is 211 Å². The average molecular weight is 495 g/mol. The van der Waals surface area contributed by atoms with Crippen LogP contribution in [0.5, 0.6) is 0 Å². The molecule has 0 saturated carbocycles. The minimum Gasteiger partial charge on any atom is -0.480 e. The van der Waals surface area contributed by atoms with Crippen molar-refractivity contribution in [3.8, 4) is 11.1 Å². The summed E-state index contributed by atoms with van der Waals surface area (Å²) in [6, 6.07) is 14.0. The van der Waals surface area contributed by atoms with Crippen molar-refractivity contribution in [1.82, 2.24) is 10.2 Å². The van der Waals surface area contributed by atoms with Crippen molar-refractivity contribution in [2.75, 3.05) is 6.61 Å². The zero-order chi connectivity index (χ0) is 26.2. The number of hydrogen-bond acceptors (Lipinski definition) is 5. The number of benzene rings is 2. The van der Waals surface area contributed by atoms with Crippen LogP contribution in [0, 0.1) is 5.92 Å². The molecule has 2 N–H and O–H groups in total. The van der Waals surface area contributed by atoms with E-state index in [9.17, 15) is 19.5 Å². The zero-order valence-corrected chi connectivity index (χ0v) is 21.4. The Morgan fingerprint density at radius 2 is 1.64 bits per heavy atom. The molecule has 0 radical (unpaired) electrons. The van der Waals surface area contributed by atoms with Crippen LogP contribution in [0.4, 0.5) is 4.79 Å². The van der Waals surface area contributed by atoms with E-state index >= 15 is 0 Å². The molecule has 4 unspecified atom stereocenters. The maximum Gasteiger partial charge on any atom is 0.407 e. The van der Waals surface area contributed by atoms with Crippen LogP contribution in [-0.2, 0) is 19.1 Å². The summed E-state index contributed by atoms with van der Waals surface area (Å²) < 4.78 is 11.4. The molecule has 8 heteroatoms. The topological polar surface area (TPSA) is 105 Å². The van der Waals surface area contributed by atoms with Crippen molar-refractivity contribution in [3.63, 3.8) is 0 Å². The first-order chi connectivity index (χ1) is 17.1. The van der Waals surface area contributed by atoms with E-state index in [1.807, 2.05) is 50.2 Å². The van der Waals surface area contributed by atoms with Crippen LogP contribution >= 0.6 is 0 Å². The Morgan fingerprint density at radius 1 is 1.08 bits per heavy atom. The van der Waals surface area contributed by atoms with Crippen LogP contribution in [0.1, 0.15) is 58.1 Å². The summed E-state index contributed by atoms with van der Waals surface area (Å²) in [5.41, 5.74) is 3.30. The molecular formula is C28H34N2O6. The Bertz CT molecular complexity index is 1120. The summed E-state index contributed by atoms with van der Waals surface area (Å²) in [5.74, 6) is -2.01. The lowest BCUT2D eigenvalue weighted by Crippen LogP contribution is -2.59. The monoisotopic (exact) mass is 494 g/mol. The number of carboxylic acids is 1. The van der Waals surface area contributed by atoms with Gasteiger partial charge < -0.3 is 19.9 Å². The second-order valence-electron chi connectivity index (χ2n) is 10.1. The van der Waals surface area contributed by atoms with Crippen molar-refractivity contribution in [3.05, 3.63) is 59.7 Å². The molecule has 2 aromatic rings. The van der Waals surface area contributed by atoms with E-state index in [0.717, 1.165) is 22.3 Å². The number of fused-ring (bicyclic) bond motifs is 3. The fourth-order valence-corrected chi connectivity index (χ4v) is 5.43. The number of carboxylic acid groups (broad SMARTS) is 1. The van der Waals surface area contributed by atoms with Gasteiger partial charge in [0.15, 0.2) is 6.04 Å². The minimum atomic E-state index is -1.15. The molecule has 0 aromatic heterocycles. The second kappa shape index (κ2) is 9.93. The number of amides is 2. The highest BCUT2D eigenvalue weighted by Gasteiger charge is 2.53. The minimum absolute atomic E-state index is 0.107. The smallest absolute Gasteiger partial charge is 0.407 e. The lowest BCUT2D eigenvalue weighted by atomic mass is 9.96. The highest BCUT2D eigenvalue weighted by Crippen LogP contribution is 2.44. The van der Waals surface area contributed by atoms with Gasteiger partial charge in [0.2, 0.25) is 5.91 Å². The van der Waals surface area contributed by atoms with Gasteiger partial charge in [0.1, 0.15) is 18.4 Å². The van der Waals surface area contributed by atoms with E-state index in [4.69, 9.17) is 9.47 Å². The largest absolute Gasteiger partial charge is 0.480 e. The third kappa shape index (κ3) is 4.57. The summed E-state index contributed by atoms with van der Waals surface area (Å²) in [4.78, 5) is 39.8. The van der Waals surface area contributed by atoms with Gasteiger partial charge in [-0.05, 0) is 48.9 Å². The first kappa shape index (κ1) is 25.7. The lowest BCUT2D eigenvalue weighted by Gasteiger charge is -2.36. The Kier molecular flexibility index (Phi) is 7.09. The molecule has 192 valence electrons. The van der Waals surface area contributed by atoms with Crippen molar-refractivity contribution < 1.29 is 29.0 Å². The first-order valence-electron chi connectivity index (χ1n) is 12.4. The van der Waals surface area contributed by atoms with Crippen LogP contribution in [0.2, 0.25) is 0 Å². The second-order valence-corrected chi connectivity index (χ2v) is 10.1. The summed E-state index contributed by atoms with van der Waals surface area (Å²) in [6.45, 7) is 8.82. The van der Waals surface area contributed by atoms with Crippen molar-refractivity contribution in [2.45, 2.75) is 70.9 Å². The average Bonchev–Trinajstić information content (AvgIpc) is 3.29. The highest BCUT2D eigenvalue weighted by molar-refractivity contribution is 5.91. The van der Waals surface area contributed by atoms with Crippen LogP contribution in [0.3, 0.4) is 0 Å². The predicted molar refractivity (Wildman–Crippen MR) is 134 cm³/mol. The zero-order valence-electron chi connectivity index (χ0n) is 21.4. The molecule has 1 aliphatic heterocycles. The van der Waals surface area contributed by atoms with E-state index in [-0.39, 0.29) is 18.4 Å². The number of alkyl carbamates (subject to hydrolysis) is 1. The predicted octanol–water partition coefficient (Wildman–Crippen LogP) is 4.38. The molecule has 4 rings (SSSR count). The highest BCUT2D eigenvalue weighted by atomic mass is 16.6. The molecule has 1 aliphatic carbocycles. The maximum atomic E-state index is 13.7. The number of aliphatic carboxylic acids is 1. The molecule has 2 amide bonds. The van der Waals surface area contributed by atoms with Gasteiger partial charge in [0.05, 0.1) is 6.10 Å². The quantitative estimate of drug-likeness (QED) is 0.592. The number of ether oxygens (including phenoxy) is 2. The van der Waals surface area contributed by atoms with Crippen LogP contribution in [0.25, 0.3) is 11.1 Å². The van der Waals surface area contributed by atoms with E-state index in [0.29, 0.717) is 6.42 Å². The van der Waals surface area contributed by atoms with E-state index in [1.165, 1.54) is 4.90 Å². The number of nitrogens with one attached hydrogen (secondary N) is 1. The molecule has 36 heavy (non-hydrogen) atoms. The Balaban J connectivity index is 1.51. The third-order valence-corrected chi connectivity index (χ3v) is 7.36. The number of rotatable bonds is 7. The molecule has 2 aliphatic rings. The molecule has 0 bridgehead atoms. The van der Waals surface area contributed by atoms with Gasteiger partial charge in [0, 0.05) is 5.92 Å². The van der Waals surface area contributed by atoms with E-state index in [2.05, 4.69) is 17.4 Å². The van der Waals surface area contributed by atoms with E-state index < -0.39 is 41.9 Å². The molecule has 1 saturated heterocycles. The molecular weight excluding hydrogens is 460 g/mol. The molecule has 0 spiro atoms. The Hall–Kier alpha value is -3.39. The van der Waals surface area contributed by atoms with Gasteiger partial charge in [-0.25, -0.2) is 9.59 Å². The van der Waals surface area contributed by atoms with Crippen LogP contribution < -0.4 is 5.32 Å². The summed E-state index contributed by atoms with van der Waals surface area (Å²) in [7, 11) is 0. The maximum absolute atomic E-state index is 13.7. The Morgan fingerprint density at radius 3 is 2.17 bits per heavy atom. The third-order valence-electron chi connectivity index (χ3n) is 7.36. The van der Waals surface area contributed by atoms with Gasteiger partial charge in [-0.2, -0.15) is 0 Å². The van der Waals surface area contributed by atoms with Gasteiger partial charge in [-0.15, -0.1) is 0 Å². The van der Waals surface area contributed by atoms with Crippen LogP contribution in [0.15, 0.2) is 48.5 Å². The molecule has 1 heterocycles. The first-order valence-corrected chi connectivity index (χ1v) is 12.4. The fourth-order valence-electron chi connectivity index (χ4n) is 5.43. The van der Waals surface area contributed by atoms with Gasteiger partial charge >= 0.3 is 12.1 Å². The summed E-state index contributed by atoms with van der Waals surface area (Å²) in [5, 5.41) is 12.5. The SMILES string of the molecule is CCC(C)C(NC(=O)OCC1c2ccccc2-c2ccccc21)C(=O)N1C(C(=O)O)C(C)OC1(C)C. The van der Waals surface area contributed by atoms with Gasteiger partial charge in [0.25, 0.3) is 0 Å². The van der Waals surface area contributed by atoms with Gasteiger partial charge in [-0.1, -0.05) is 68.8 Å². The van der Waals surface area contributed by atoms with E-state index in [1.54, 1.807) is 20.8 Å². The molecule has 8 nitrogen and oxygen atoms in total. The van der Waals surface area contributed by atoms with Crippen molar-refractivity contribution >= 4 is 18.0 Å². The van der Waals surface area contributed by atoms with Gasteiger partial charge in [-0.3, -0.25) is 9.69 Å². The van der Waals surface area contributed by atoms with Crippen molar-refractivity contribution in [2.24, 2.45) is 5.92 Å². The summed E-state index contributed by atoms with van der Waals surface area (Å²) in [6.07, 6.45) is -0.801. The molecule has 1 fully saturated rings. The molecule has 2 aromatic carbocycles. The number of hydrogen-bond donors (Lipinski definition) is 2. The fraction of sp³-hybridized carbons (Fsp3) is 0.464. The number of carbonyl (C=O) groups is 3. The normalized spacial score (nSPS) is 21.9. The van der Waals surface area contributed by atoms with Crippen molar-refractivity contribution in [1.29, 1.82) is 0 Å². The number of carbonyl (C=O) groups excluding carboxylic acids is 2. The van der Waals surface area contributed by atoms with Crippen LogP contribution in [-0.4, -0.2) is 58.5 Å². The lowest BCUT2D eigenvalue weighted by molar-refractivity contribution is -0.157. The summed E-state index contributed by atoms with van der Waals surface area (Å²) >= 11 is 0. The number of nitrogens with zero attached hydrogens (tertiary/aromatic N) is 1. The molecule has 4 atom stereocenters.